The average Bonchev–Trinajstić information content (AvgIpc) is 2.28. The highest BCUT2D eigenvalue weighted by molar-refractivity contribution is 4.90. The van der Waals surface area contributed by atoms with E-state index in [0.717, 1.165) is 18.0 Å². The van der Waals surface area contributed by atoms with E-state index in [9.17, 15) is 0 Å². The molecule has 2 aliphatic heterocycles. The van der Waals surface area contributed by atoms with Crippen molar-refractivity contribution in [3.8, 4) is 0 Å². The molecule has 1 nitrogen and oxygen atoms in total. The van der Waals surface area contributed by atoms with Crippen molar-refractivity contribution >= 4 is 0 Å². The van der Waals surface area contributed by atoms with Crippen molar-refractivity contribution in [1.82, 2.24) is 5.32 Å². The van der Waals surface area contributed by atoms with Gasteiger partial charge in [-0.15, -0.1) is 0 Å². The number of unbranched alkanes of at least 4 members (excludes halogenated alkanes) is 3. The van der Waals surface area contributed by atoms with E-state index in [1.165, 1.54) is 64.2 Å². The summed E-state index contributed by atoms with van der Waals surface area (Å²) in [6, 6.07) is 1.77. The molecule has 0 spiro atoms. The number of hydrogen-bond donors (Lipinski definition) is 1. The molecule has 1 N–H and O–H groups in total. The second-order valence-corrected chi connectivity index (χ2v) is 5.59. The monoisotopic (exact) mass is 209 g/mol. The molecular weight excluding hydrogens is 182 g/mol. The maximum Gasteiger partial charge on any atom is 0.00979 e. The lowest BCUT2D eigenvalue weighted by molar-refractivity contribution is 0.163. The second kappa shape index (κ2) is 5.89. The zero-order chi connectivity index (χ0) is 10.5. The predicted octanol–water partition coefficient (Wildman–Crippen LogP) is 3.88. The quantitative estimate of drug-likeness (QED) is 0.678. The van der Waals surface area contributed by atoms with Crippen molar-refractivity contribution in [2.75, 3.05) is 0 Å². The highest BCUT2D eigenvalue weighted by Gasteiger charge is 2.31. The fraction of sp³-hybridized carbons (Fsp3) is 1.00. The molecule has 2 fully saturated rings. The van der Waals surface area contributed by atoms with Crippen molar-refractivity contribution in [2.45, 2.75) is 83.2 Å². The van der Waals surface area contributed by atoms with Crippen molar-refractivity contribution in [1.29, 1.82) is 0 Å². The minimum Gasteiger partial charge on any atom is -0.311 e. The van der Waals surface area contributed by atoms with Gasteiger partial charge in [-0.05, 0) is 38.0 Å². The Balaban J connectivity index is 1.68. The first kappa shape index (κ1) is 11.4. The van der Waals surface area contributed by atoms with E-state index in [2.05, 4.69) is 12.2 Å². The number of nitrogens with one attached hydrogen (secondary N) is 1. The van der Waals surface area contributed by atoms with Crippen LogP contribution in [0.1, 0.15) is 71.1 Å². The van der Waals surface area contributed by atoms with Gasteiger partial charge in [0, 0.05) is 12.1 Å². The molecule has 0 saturated carbocycles. The Morgan fingerprint density at radius 2 is 1.93 bits per heavy atom. The summed E-state index contributed by atoms with van der Waals surface area (Å²) < 4.78 is 0. The van der Waals surface area contributed by atoms with Crippen molar-refractivity contribution in [3.63, 3.8) is 0 Å². The van der Waals surface area contributed by atoms with Gasteiger partial charge in [-0.25, -0.2) is 0 Å². The molecule has 0 aromatic rings. The Morgan fingerprint density at radius 3 is 2.80 bits per heavy atom. The standard InChI is InChI=1S/C14H27N/c1-2-3-4-5-7-12-10-11-13-8-6-9-14(12)15-13/h12-15H,2-11H2,1H3. The van der Waals surface area contributed by atoms with Crippen molar-refractivity contribution < 1.29 is 0 Å². The number of fused-ring (bicyclic) bond motifs is 2. The summed E-state index contributed by atoms with van der Waals surface area (Å²) in [5.41, 5.74) is 0. The predicted molar refractivity (Wildman–Crippen MR) is 66.0 cm³/mol. The molecule has 0 radical (unpaired) electrons. The largest absolute Gasteiger partial charge is 0.311 e. The molecule has 88 valence electrons. The Bertz CT molecular complexity index is 178. The van der Waals surface area contributed by atoms with Gasteiger partial charge in [-0.1, -0.05) is 39.0 Å². The summed E-state index contributed by atoms with van der Waals surface area (Å²) in [5.74, 6) is 1.01. The van der Waals surface area contributed by atoms with E-state index >= 15 is 0 Å². The molecule has 2 bridgehead atoms. The molecule has 2 rings (SSSR count). The van der Waals surface area contributed by atoms with Crippen molar-refractivity contribution in [2.24, 2.45) is 5.92 Å². The number of hydrogen-bond acceptors (Lipinski definition) is 1. The summed E-state index contributed by atoms with van der Waals surface area (Å²) in [5, 5.41) is 3.84. The minimum atomic E-state index is 0.885. The SMILES string of the molecule is CCCCCCC1CCC2CCCC1N2. The maximum atomic E-state index is 3.84. The number of piperidine rings is 2. The van der Waals surface area contributed by atoms with E-state index in [0.29, 0.717) is 0 Å². The van der Waals surface area contributed by atoms with Gasteiger partial charge in [0.05, 0.1) is 0 Å². The molecule has 0 aromatic heterocycles. The maximum absolute atomic E-state index is 3.84. The lowest BCUT2D eigenvalue weighted by Gasteiger charge is -2.41. The molecule has 2 aliphatic rings. The molecule has 3 atom stereocenters. The molecule has 2 saturated heterocycles. The van der Waals surface area contributed by atoms with Crippen LogP contribution in [0, 0.1) is 5.92 Å². The Labute approximate surface area is 95.0 Å². The van der Waals surface area contributed by atoms with Gasteiger partial charge in [0.15, 0.2) is 0 Å². The van der Waals surface area contributed by atoms with Gasteiger partial charge in [0.2, 0.25) is 0 Å². The van der Waals surface area contributed by atoms with E-state index in [-0.39, 0.29) is 0 Å². The molecule has 15 heavy (non-hydrogen) atoms. The molecule has 3 unspecified atom stereocenters. The van der Waals surface area contributed by atoms with Crippen LogP contribution < -0.4 is 5.32 Å². The van der Waals surface area contributed by atoms with Gasteiger partial charge in [-0.3, -0.25) is 0 Å². The van der Waals surface area contributed by atoms with Crippen LogP contribution >= 0.6 is 0 Å². The summed E-state index contributed by atoms with van der Waals surface area (Å²) >= 11 is 0. The molecular formula is C14H27N. The first-order valence-corrected chi connectivity index (χ1v) is 7.16. The van der Waals surface area contributed by atoms with Crippen LogP contribution in [0.25, 0.3) is 0 Å². The zero-order valence-corrected chi connectivity index (χ0v) is 10.3. The van der Waals surface area contributed by atoms with Gasteiger partial charge in [0.1, 0.15) is 0 Å². The van der Waals surface area contributed by atoms with E-state index in [4.69, 9.17) is 0 Å². The van der Waals surface area contributed by atoms with Crippen LogP contribution in [0.3, 0.4) is 0 Å². The smallest absolute Gasteiger partial charge is 0.00979 e. The van der Waals surface area contributed by atoms with Crippen LogP contribution in [0.4, 0.5) is 0 Å². The third-order valence-corrected chi connectivity index (χ3v) is 4.40. The summed E-state index contributed by atoms with van der Waals surface area (Å²) in [6.07, 6.45) is 14.6. The fourth-order valence-corrected chi connectivity index (χ4v) is 3.45. The van der Waals surface area contributed by atoms with Crippen LogP contribution in [-0.4, -0.2) is 12.1 Å². The third kappa shape index (κ3) is 3.21. The summed E-state index contributed by atoms with van der Waals surface area (Å²) in [6.45, 7) is 2.30. The van der Waals surface area contributed by atoms with Crippen LogP contribution in [0.15, 0.2) is 0 Å². The molecule has 2 heterocycles. The Hall–Kier alpha value is -0.0400. The molecule has 0 aliphatic carbocycles. The van der Waals surface area contributed by atoms with Gasteiger partial charge < -0.3 is 5.32 Å². The first-order chi connectivity index (χ1) is 7.40. The third-order valence-electron chi connectivity index (χ3n) is 4.40. The van der Waals surface area contributed by atoms with E-state index in [1.54, 1.807) is 0 Å². The van der Waals surface area contributed by atoms with Gasteiger partial charge >= 0.3 is 0 Å². The average molecular weight is 209 g/mol. The van der Waals surface area contributed by atoms with Gasteiger partial charge in [0.25, 0.3) is 0 Å². The Morgan fingerprint density at radius 1 is 1.00 bits per heavy atom. The van der Waals surface area contributed by atoms with Gasteiger partial charge in [-0.2, -0.15) is 0 Å². The normalized spacial score (nSPS) is 35.4. The molecule has 0 aromatic carbocycles. The highest BCUT2D eigenvalue weighted by Crippen LogP contribution is 2.32. The topological polar surface area (TPSA) is 12.0 Å². The summed E-state index contributed by atoms with van der Waals surface area (Å²) in [7, 11) is 0. The highest BCUT2D eigenvalue weighted by atomic mass is 15.0. The minimum absolute atomic E-state index is 0.885. The summed E-state index contributed by atoms with van der Waals surface area (Å²) in [4.78, 5) is 0. The van der Waals surface area contributed by atoms with Crippen LogP contribution in [-0.2, 0) is 0 Å². The Kier molecular flexibility index (Phi) is 4.49. The molecule has 0 amide bonds. The first-order valence-electron chi connectivity index (χ1n) is 7.16. The lowest BCUT2D eigenvalue weighted by atomic mass is 9.77. The lowest BCUT2D eigenvalue weighted by Crippen LogP contribution is -2.50. The fourth-order valence-electron chi connectivity index (χ4n) is 3.45. The molecule has 1 heteroatoms. The number of rotatable bonds is 5. The van der Waals surface area contributed by atoms with Crippen LogP contribution in [0.5, 0.6) is 0 Å². The second-order valence-electron chi connectivity index (χ2n) is 5.59. The van der Waals surface area contributed by atoms with Crippen molar-refractivity contribution in [3.05, 3.63) is 0 Å². The van der Waals surface area contributed by atoms with E-state index in [1.807, 2.05) is 0 Å². The zero-order valence-electron chi connectivity index (χ0n) is 10.3. The van der Waals surface area contributed by atoms with E-state index < -0.39 is 0 Å². The van der Waals surface area contributed by atoms with Crippen LogP contribution in [0.2, 0.25) is 0 Å².